The molecule has 8 heteroatoms. The predicted octanol–water partition coefficient (Wildman–Crippen LogP) is 4.72. The number of hydrogen-bond acceptors (Lipinski definition) is 7. The summed E-state index contributed by atoms with van der Waals surface area (Å²) in [6, 6.07) is 13.9. The molecule has 3 heterocycles. The van der Waals surface area contributed by atoms with E-state index in [0.717, 1.165) is 34.8 Å². The van der Waals surface area contributed by atoms with Crippen LogP contribution in [0, 0.1) is 0 Å². The number of benzene rings is 2. The standard InChI is InChI=1S/C26H29N3O4S/c1-26(2)32-21-13-18(12-20(31-3)24(21)33-26)25(30)29(15-19-10-7-11-27-19)16-23-28-14-22(34-23)17-8-5-4-6-9-17/h4-6,8-9,12-14,19,27H,7,10-11,15-16H2,1-3H3/t19-/m0/s1. The zero-order valence-electron chi connectivity index (χ0n) is 19.7. The number of methoxy groups -OCH3 is 1. The van der Waals surface area contributed by atoms with Gasteiger partial charge in [0.15, 0.2) is 11.5 Å². The largest absolute Gasteiger partial charge is 0.493 e. The van der Waals surface area contributed by atoms with Crippen molar-refractivity contribution in [1.29, 1.82) is 0 Å². The van der Waals surface area contributed by atoms with E-state index in [0.29, 0.717) is 35.9 Å². The van der Waals surface area contributed by atoms with E-state index < -0.39 is 5.79 Å². The van der Waals surface area contributed by atoms with Gasteiger partial charge in [-0.25, -0.2) is 4.98 Å². The molecule has 1 amide bonds. The lowest BCUT2D eigenvalue weighted by atomic mass is 10.1. The van der Waals surface area contributed by atoms with Crippen LogP contribution in [0.15, 0.2) is 48.7 Å². The third-order valence-corrected chi connectivity index (χ3v) is 7.05. The summed E-state index contributed by atoms with van der Waals surface area (Å²) in [6.07, 6.45) is 4.06. The minimum atomic E-state index is -0.806. The molecule has 2 aliphatic rings. The van der Waals surface area contributed by atoms with Crippen LogP contribution >= 0.6 is 11.3 Å². The number of nitrogens with one attached hydrogen (secondary N) is 1. The number of rotatable bonds is 7. The van der Waals surface area contributed by atoms with Gasteiger partial charge in [-0.1, -0.05) is 30.3 Å². The Balaban J connectivity index is 1.42. The van der Waals surface area contributed by atoms with Crippen LogP contribution in [0.2, 0.25) is 0 Å². The molecule has 0 aliphatic carbocycles. The van der Waals surface area contributed by atoms with Gasteiger partial charge in [-0.15, -0.1) is 11.3 Å². The van der Waals surface area contributed by atoms with E-state index in [-0.39, 0.29) is 11.9 Å². The smallest absolute Gasteiger partial charge is 0.254 e. The van der Waals surface area contributed by atoms with E-state index in [2.05, 4.69) is 22.4 Å². The summed E-state index contributed by atoms with van der Waals surface area (Å²) in [5, 5.41) is 4.41. The zero-order chi connectivity index (χ0) is 23.7. The third kappa shape index (κ3) is 4.74. The molecule has 178 valence electrons. The highest BCUT2D eigenvalue weighted by molar-refractivity contribution is 7.15. The highest BCUT2D eigenvalue weighted by Gasteiger charge is 2.36. The molecule has 1 N–H and O–H groups in total. The molecule has 2 aromatic carbocycles. The first-order valence-electron chi connectivity index (χ1n) is 11.5. The van der Waals surface area contributed by atoms with Gasteiger partial charge < -0.3 is 24.4 Å². The van der Waals surface area contributed by atoms with Crippen molar-refractivity contribution in [2.24, 2.45) is 0 Å². The lowest BCUT2D eigenvalue weighted by Crippen LogP contribution is -2.40. The number of fused-ring (bicyclic) bond motifs is 1. The number of ether oxygens (including phenoxy) is 3. The summed E-state index contributed by atoms with van der Waals surface area (Å²) in [6.45, 7) is 5.70. The Bertz CT molecular complexity index is 1170. The Kier molecular flexibility index (Phi) is 6.18. The average molecular weight is 480 g/mol. The molecule has 0 spiro atoms. The number of hydrogen-bond donors (Lipinski definition) is 1. The summed E-state index contributed by atoms with van der Waals surface area (Å²) in [5.74, 6) is 0.651. The van der Waals surface area contributed by atoms with Gasteiger partial charge in [0.25, 0.3) is 5.91 Å². The Hall–Kier alpha value is -3.10. The predicted molar refractivity (Wildman–Crippen MR) is 132 cm³/mol. The molecular weight excluding hydrogens is 450 g/mol. The molecule has 5 rings (SSSR count). The Morgan fingerprint density at radius 2 is 2.09 bits per heavy atom. The number of thiazole rings is 1. The van der Waals surface area contributed by atoms with Crippen LogP contribution < -0.4 is 19.5 Å². The maximum atomic E-state index is 13.8. The van der Waals surface area contributed by atoms with E-state index >= 15 is 0 Å². The van der Waals surface area contributed by atoms with Gasteiger partial charge in [0.05, 0.1) is 18.5 Å². The number of amides is 1. The second-order valence-corrected chi connectivity index (χ2v) is 10.2. The summed E-state index contributed by atoms with van der Waals surface area (Å²) in [4.78, 5) is 21.4. The van der Waals surface area contributed by atoms with Gasteiger partial charge in [0.1, 0.15) is 5.01 Å². The highest BCUT2D eigenvalue weighted by atomic mass is 32.1. The van der Waals surface area contributed by atoms with Gasteiger partial charge in [0.2, 0.25) is 11.5 Å². The van der Waals surface area contributed by atoms with E-state index in [1.807, 2.05) is 43.1 Å². The zero-order valence-corrected chi connectivity index (χ0v) is 20.5. The van der Waals surface area contributed by atoms with E-state index in [1.165, 1.54) is 0 Å². The molecular formula is C26H29N3O4S. The summed E-state index contributed by atoms with van der Waals surface area (Å²) >= 11 is 1.62. The monoisotopic (exact) mass is 479 g/mol. The second-order valence-electron chi connectivity index (χ2n) is 9.07. The van der Waals surface area contributed by atoms with Crippen molar-refractivity contribution in [2.75, 3.05) is 20.2 Å². The number of nitrogens with zero attached hydrogens (tertiary/aromatic N) is 2. The minimum absolute atomic E-state index is 0.0837. The molecule has 2 aliphatic heterocycles. The fraction of sp³-hybridized carbons (Fsp3) is 0.385. The third-order valence-electron chi connectivity index (χ3n) is 6.02. The van der Waals surface area contributed by atoms with Crippen molar-refractivity contribution in [3.63, 3.8) is 0 Å². The number of aromatic nitrogens is 1. The highest BCUT2D eigenvalue weighted by Crippen LogP contribution is 2.46. The fourth-order valence-electron chi connectivity index (χ4n) is 4.42. The Morgan fingerprint density at radius 1 is 1.26 bits per heavy atom. The lowest BCUT2D eigenvalue weighted by molar-refractivity contribution is -0.0439. The van der Waals surface area contributed by atoms with Crippen LogP contribution in [0.5, 0.6) is 17.2 Å². The van der Waals surface area contributed by atoms with Crippen LogP contribution in [0.25, 0.3) is 10.4 Å². The second kappa shape index (κ2) is 9.27. The topological polar surface area (TPSA) is 72.9 Å². The van der Waals surface area contributed by atoms with Gasteiger partial charge in [0, 0.05) is 38.2 Å². The molecule has 1 atom stereocenters. The average Bonchev–Trinajstić information content (AvgIpc) is 3.57. The Labute approximate surface area is 203 Å². The quantitative estimate of drug-likeness (QED) is 0.529. The molecule has 1 saturated heterocycles. The first-order chi connectivity index (χ1) is 16.4. The van der Waals surface area contributed by atoms with Gasteiger partial charge in [-0.05, 0) is 37.1 Å². The van der Waals surface area contributed by atoms with Gasteiger partial charge >= 0.3 is 0 Å². The SMILES string of the molecule is COc1cc(C(=O)N(Cc2ncc(-c3ccccc3)s2)C[C@@H]2CCCN2)cc2c1OC(C)(C)O2. The van der Waals surface area contributed by atoms with Crippen LogP contribution in [0.1, 0.15) is 42.1 Å². The number of carbonyl (C=O) groups is 1. The molecule has 1 fully saturated rings. The summed E-state index contributed by atoms with van der Waals surface area (Å²) in [5.41, 5.74) is 1.64. The van der Waals surface area contributed by atoms with Crippen molar-refractivity contribution < 1.29 is 19.0 Å². The van der Waals surface area contributed by atoms with Crippen LogP contribution in [-0.4, -0.2) is 47.8 Å². The number of carbonyl (C=O) groups excluding carboxylic acids is 1. The van der Waals surface area contributed by atoms with E-state index in [1.54, 1.807) is 30.6 Å². The van der Waals surface area contributed by atoms with Crippen LogP contribution in [-0.2, 0) is 6.54 Å². The van der Waals surface area contributed by atoms with Crippen molar-refractivity contribution in [2.45, 2.75) is 45.1 Å². The lowest BCUT2D eigenvalue weighted by Gasteiger charge is -2.25. The maximum Gasteiger partial charge on any atom is 0.254 e. The first-order valence-corrected chi connectivity index (χ1v) is 12.4. The van der Waals surface area contributed by atoms with Crippen LogP contribution in [0.3, 0.4) is 0 Å². The summed E-state index contributed by atoms with van der Waals surface area (Å²) < 4.78 is 17.3. The molecule has 0 saturated carbocycles. The fourth-order valence-corrected chi connectivity index (χ4v) is 5.36. The molecule has 0 radical (unpaired) electrons. The molecule has 3 aromatic rings. The van der Waals surface area contributed by atoms with Gasteiger partial charge in [-0.2, -0.15) is 0 Å². The maximum absolute atomic E-state index is 13.8. The van der Waals surface area contributed by atoms with Gasteiger partial charge in [-0.3, -0.25) is 4.79 Å². The molecule has 34 heavy (non-hydrogen) atoms. The minimum Gasteiger partial charge on any atom is -0.493 e. The van der Waals surface area contributed by atoms with Crippen LogP contribution in [0.4, 0.5) is 0 Å². The summed E-state index contributed by atoms with van der Waals surface area (Å²) in [7, 11) is 1.57. The molecule has 7 nitrogen and oxygen atoms in total. The molecule has 0 bridgehead atoms. The van der Waals surface area contributed by atoms with Crippen molar-refractivity contribution in [3.05, 3.63) is 59.2 Å². The first kappa shape index (κ1) is 22.7. The van der Waals surface area contributed by atoms with Crippen molar-refractivity contribution >= 4 is 17.2 Å². The molecule has 0 unspecified atom stereocenters. The molecule has 1 aromatic heterocycles. The normalized spacial score (nSPS) is 18.1. The van der Waals surface area contributed by atoms with Crippen molar-refractivity contribution in [3.8, 4) is 27.7 Å². The Morgan fingerprint density at radius 3 is 2.82 bits per heavy atom. The van der Waals surface area contributed by atoms with E-state index in [9.17, 15) is 4.79 Å². The van der Waals surface area contributed by atoms with Crippen molar-refractivity contribution in [1.82, 2.24) is 15.2 Å². The van der Waals surface area contributed by atoms with E-state index in [4.69, 9.17) is 14.2 Å².